The Kier molecular flexibility index (Phi) is 7.28. The Balaban J connectivity index is 1.63. The number of benzene rings is 3. The van der Waals surface area contributed by atoms with Gasteiger partial charge in [0.2, 0.25) is 5.91 Å². The molecule has 4 rings (SSSR count). The summed E-state index contributed by atoms with van der Waals surface area (Å²) in [5.74, 6) is 0.807. The average molecular weight is 458 g/mol. The summed E-state index contributed by atoms with van der Waals surface area (Å²) < 4.78 is 5.56. The number of hydrogen-bond acceptors (Lipinski definition) is 4. The van der Waals surface area contributed by atoms with E-state index in [1.54, 1.807) is 21.1 Å². The maximum atomic E-state index is 12.2. The highest BCUT2D eigenvalue weighted by molar-refractivity contribution is 5.94. The van der Waals surface area contributed by atoms with Crippen LogP contribution in [0.3, 0.4) is 0 Å². The van der Waals surface area contributed by atoms with Gasteiger partial charge in [-0.15, -0.1) is 0 Å². The van der Waals surface area contributed by atoms with E-state index >= 15 is 0 Å². The van der Waals surface area contributed by atoms with E-state index in [0.29, 0.717) is 18.7 Å². The molecule has 1 heterocycles. The van der Waals surface area contributed by atoms with Gasteiger partial charge in [0.1, 0.15) is 5.75 Å². The third-order valence-electron chi connectivity index (χ3n) is 6.43. The Morgan fingerprint density at radius 1 is 1.00 bits per heavy atom. The molecule has 6 heteroatoms. The van der Waals surface area contributed by atoms with Crippen molar-refractivity contribution in [1.29, 1.82) is 0 Å². The Bertz CT molecular complexity index is 1180. The quantitative estimate of drug-likeness (QED) is 0.605. The van der Waals surface area contributed by atoms with Gasteiger partial charge in [0, 0.05) is 51.3 Å². The molecule has 0 saturated carbocycles. The van der Waals surface area contributed by atoms with Crippen LogP contribution >= 0.6 is 0 Å². The van der Waals surface area contributed by atoms with Crippen molar-refractivity contribution in [3.63, 3.8) is 0 Å². The number of carbonyl (C=O) groups excluding carboxylic acids is 2. The first kappa shape index (κ1) is 23.5. The van der Waals surface area contributed by atoms with Crippen molar-refractivity contribution in [2.75, 3.05) is 33.8 Å². The predicted octanol–water partition coefficient (Wildman–Crippen LogP) is 4.13. The van der Waals surface area contributed by atoms with Crippen molar-refractivity contribution in [1.82, 2.24) is 15.1 Å². The number of piperazine rings is 1. The van der Waals surface area contributed by atoms with E-state index in [1.807, 2.05) is 47.4 Å². The van der Waals surface area contributed by atoms with Crippen LogP contribution in [0.1, 0.15) is 34.5 Å². The van der Waals surface area contributed by atoms with Gasteiger partial charge in [-0.3, -0.25) is 14.5 Å². The van der Waals surface area contributed by atoms with Gasteiger partial charge in [-0.25, -0.2) is 0 Å². The maximum Gasteiger partial charge on any atom is 0.251 e. The van der Waals surface area contributed by atoms with Crippen LogP contribution in [0.5, 0.6) is 5.75 Å². The van der Waals surface area contributed by atoms with Crippen molar-refractivity contribution in [2.45, 2.75) is 19.5 Å². The van der Waals surface area contributed by atoms with Crippen LogP contribution in [0.25, 0.3) is 11.1 Å². The van der Waals surface area contributed by atoms with Crippen molar-refractivity contribution < 1.29 is 14.3 Å². The summed E-state index contributed by atoms with van der Waals surface area (Å²) in [4.78, 5) is 28.7. The summed E-state index contributed by atoms with van der Waals surface area (Å²) >= 11 is 0. The molecular formula is C28H31N3O3. The Morgan fingerprint density at radius 2 is 1.79 bits per heavy atom. The number of nitrogens with zero attached hydrogens (tertiary/aromatic N) is 2. The molecule has 0 radical (unpaired) electrons. The number of methoxy groups -OCH3 is 1. The molecule has 0 unspecified atom stereocenters. The highest BCUT2D eigenvalue weighted by Gasteiger charge is 2.30. The molecule has 0 spiro atoms. The summed E-state index contributed by atoms with van der Waals surface area (Å²) in [5, 5.41) is 2.69. The second-order valence-corrected chi connectivity index (χ2v) is 8.56. The molecule has 6 nitrogen and oxygen atoms in total. The number of amides is 2. The second-order valence-electron chi connectivity index (χ2n) is 8.56. The molecule has 1 aliphatic heterocycles. The fourth-order valence-electron chi connectivity index (χ4n) is 4.60. The molecule has 3 aromatic rings. The van der Waals surface area contributed by atoms with Crippen LogP contribution in [-0.4, -0.2) is 55.4 Å². The number of carbonyl (C=O) groups is 2. The summed E-state index contributed by atoms with van der Waals surface area (Å²) in [7, 11) is 3.32. The molecule has 1 saturated heterocycles. The van der Waals surface area contributed by atoms with Gasteiger partial charge < -0.3 is 15.0 Å². The predicted molar refractivity (Wildman–Crippen MR) is 134 cm³/mol. The lowest BCUT2D eigenvalue weighted by Crippen LogP contribution is -2.49. The van der Waals surface area contributed by atoms with Crippen LogP contribution in [-0.2, 0) is 11.3 Å². The lowest BCUT2D eigenvalue weighted by atomic mass is 9.98. The van der Waals surface area contributed by atoms with E-state index in [-0.39, 0.29) is 17.9 Å². The van der Waals surface area contributed by atoms with Crippen LogP contribution in [0.4, 0.5) is 0 Å². The molecule has 176 valence electrons. The van der Waals surface area contributed by atoms with E-state index < -0.39 is 0 Å². The molecule has 1 atom stereocenters. The van der Waals surface area contributed by atoms with Gasteiger partial charge in [-0.2, -0.15) is 0 Å². The van der Waals surface area contributed by atoms with Gasteiger partial charge in [0.15, 0.2) is 0 Å². The summed E-state index contributed by atoms with van der Waals surface area (Å²) in [6.07, 6.45) is 0. The third-order valence-corrected chi connectivity index (χ3v) is 6.43. The molecule has 3 aromatic carbocycles. The highest BCUT2D eigenvalue weighted by atomic mass is 16.5. The fraction of sp³-hybridized carbons (Fsp3) is 0.286. The molecule has 0 aromatic heterocycles. The molecular weight excluding hydrogens is 426 g/mol. The second kappa shape index (κ2) is 10.5. The number of ether oxygens (including phenoxy) is 1. The maximum absolute atomic E-state index is 12.2. The number of rotatable bonds is 6. The zero-order chi connectivity index (χ0) is 24.1. The molecule has 0 aliphatic carbocycles. The number of hydrogen-bond donors (Lipinski definition) is 1. The van der Waals surface area contributed by atoms with Crippen molar-refractivity contribution >= 4 is 11.8 Å². The number of nitrogens with one attached hydrogen (secondary N) is 1. The minimum atomic E-state index is -0.114. The van der Waals surface area contributed by atoms with E-state index in [0.717, 1.165) is 35.5 Å². The van der Waals surface area contributed by atoms with E-state index in [1.165, 1.54) is 5.56 Å². The topological polar surface area (TPSA) is 61.9 Å². The first-order chi connectivity index (χ1) is 16.5. The van der Waals surface area contributed by atoms with E-state index in [4.69, 9.17) is 4.74 Å². The van der Waals surface area contributed by atoms with Gasteiger partial charge >= 0.3 is 0 Å². The van der Waals surface area contributed by atoms with Crippen molar-refractivity contribution in [3.8, 4) is 16.9 Å². The monoisotopic (exact) mass is 457 g/mol. The van der Waals surface area contributed by atoms with Crippen LogP contribution in [0.15, 0.2) is 72.8 Å². The normalized spacial score (nSPS) is 16.2. The fourth-order valence-corrected chi connectivity index (χ4v) is 4.60. The first-order valence-electron chi connectivity index (χ1n) is 11.5. The largest absolute Gasteiger partial charge is 0.496 e. The Labute approximate surface area is 201 Å². The minimum Gasteiger partial charge on any atom is -0.496 e. The average Bonchev–Trinajstić information content (AvgIpc) is 2.88. The number of para-hydroxylation sites is 1. The van der Waals surface area contributed by atoms with Gasteiger partial charge in [0.05, 0.1) is 13.2 Å². The van der Waals surface area contributed by atoms with E-state index in [2.05, 4.69) is 40.5 Å². The first-order valence-corrected chi connectivity index (χ1v) is 11.5. The SMILES string of the molecule is CNC(=O)c1cccc([C@@H]2CN(C(C)=O)CCN2Cc2cccc(-c3ccccc3OC)c2)c1. The summed E-state index contributed by atoms with van der Waals surface area (Å²) in [5.41, 5.74) is 5.01. The zero-order valence-corrected chi connectivity index (χ0v) is 20.0. The molecule has 34 heavy (non-hydrogen) atoms. The van der Waals surface area contributed by atoms with Crippen LogP contribution < -0.4 is 10.1 Å². The van der Waals surface area contributed by atoms with Gasteiger partial charge in [-0.05, 0) is 41.0 Å². The smallest absolute Gasteiger partial charge is 0.251 e. The molecule has 1 N–H and O–H groups in total. The van der Waals surface area contributed by atoms with Crippen LogP contribution in [0.2, 0.25) is 0 Å². The Hall–Kier alpha value is -3.64. The Morgan fingerprint density at radius 3 is 2.56 bits per heavy atom. The molecule has 1 fully saturated rings. The van der Waals surface area contributed by atoms with Gasteiger partial charge in [0.25, 0.3) is 5.91 Å². The van der Waals surface area contributed by atoms with Crippen molar-refractivity contribution in [3.05, 3.63) is 89.5 Å². The van der Waals surface area contributed by atoms with E-state index in [9.17, 15) is 9.59 Å². The molecule has 2 amide bonds. The highest BCUT2D eigenvalue weighted by Crippen LogP contribution is 2.32. The van der Waals surface area contributed by atoms with Crippen LogP contribution in [0, 0.1) is 0 Å². The summed E-state index contributed by atoms with van der Waals surface area (Å²) in [6, 6.07) is 24.2. The van der Waals surface area contributed by atoms with Crippen molar-refractivity contribution in [2.24, 2.45) is 0 Å². The standard InChI is InChI=1S/C28H31N3O3/c1-20(32)30-14-15-31(26(19-30)23-10-7-11-24(17-23)28(33)29-2)18-21-8-6-9-22(16-21)25-12-4-5-13-27(25)34-3/h4-13,16-17,26H,14-15,18-19H2,1-3H3,(H,29,33)/t26-/m0/s1. The molecule has 1 aliphatic rings. The lowest BCUT2D eigenvalue weighted by molar-refractivity contribution is -0.132. The summed E-state index contributed by atoms with van der Waals surface area (Å²) in [6.45, 7) is 4.40. The minimum absolute atomic E-state index is 0.00262. The molecule has 0 bridgehead atoms. The third kappa shape index (κ3) is 5.13. The zero-order valence-electron chi connectivity index (χ0n) is 20.0. The lowest BCUT2D eigenvalue weighted by Gasteiger charge is -2.41. The van der Waals surface area contributed by atoms with Gasteiger partial charge in [-0.1, -0.05) is 48.5 Å².